The first kappa shape index (κ1) is 15.4. The van der Waals surface area contributed by atoms with Crippen LogP contribution in [0.25, 0.3) is 0 Å². The van der Waals surface area contributed by atoms with Crippen LogP contribution in [0.5, 0.6) is 0 Å². The van der Waals surface area contributed by atoms with E-state index in [0.29, 0.717) is 12.5 Å². The molecule has 0 aromatic carbocycles. The molecule has 1 aliphatic heterocycles. The van der Waals surface area contributed by atoms with Gasteiger partial charge in [-0.15, -0.1) is 0 Å². The molecule has 80 valence electrons. The minimum Gasteiger partial charge on any atom is -1.00 e. The molecule has 0 radical (unpaired) electrons. The fourth-order valence-electron chi connectivity index (χ4n) is 1.28. The average Bonchev–Trinajstić information content (AvgIpc) is 2.47. The van der Waals surface area contributed by atoms with Crippen LogP contribution in [0, 0.1) is 5.92 Å². The topological polar surface area (TPSA) is 65.8 Å². The largest absolute Gasteiger partial charge is 1.00 e. The van der Waals surface area contributed by atoms with Crippen LogP contribution in [-0.4, -0.2) is 32.0 Å². The molecule has 1 saturated heterocycles. The first-order valence-electron chi connectivity index (χ1n) is 4.18. The quantitative estimate of drug-likeness (QED) is 0.465. The summed E-state index contributed by atoms with van der Waals surface area (Å²) in [5.41, 5.74) is 5.04. The molecule has 0 bridgehead atoms. The monoisotopic (exact) mass is 229 g/mol. The lowest BCUT2D eigenvalue weighted by Crippen LogP contribution is -3.00. The van der Waals surface area contributed by atoms with E-state index in [1.165, 1.54) is 5.71 Å². The maximum Gasteiger partial charge on any atom is 0.125 e. The summed E-state index contributed by atoms with van der Waals surface area (Å²) in [6.45, 7) is 5.65. The number of quaternary nitrogens is 2. The molecule has 0 saturated carbocycles. The normalized spacial score (nSPS) is 23.5. The molecule has 4 nitrogen and oxygen atoms in total. The summed E-state index contributed by atoms with van der Waals surface area (Å²) in [5, 5.41) is 6.28. The van der Waals surface area contributed by atoms with E-state index < -0.39 is 0 Å². The highest BCUT2D eigenvalue weighted by atomic mass is 35.5. The third kappa shape index (κ3) is 4.67. The molecule has 1 heterocycles. The summed E-state index contributed by atoms with van der Waals surface area (Å²) < 4.78 is 0. The van der Waals surface area contributed by atoms with Crippen molar-refractivity contribution in [1.82, 2.24) is 0 Å². The molecule has 0 aliphatic carbocycles. The Morgan fingerprint density at radius 2 is 2.31 bits per heavy atom. The first-order valence-corrected chi connectivity index (χ1v) is 4.18. The van der Waals surface area contributed by atoms with Gasteiger partial charge >= 0.3 is 0 Å². The SMILES string of the molecule is CCO/N=C1\C[NH2+]CC1C[NH3+].[Cl-].[Cl-]. The number of nitrogens with two attached hydrogens (primary N) is 1. The van der Waals surface area contributed by atoms with Crippen molar-refractivity contribution in [2.45, 2.75) is 6.92 Å². The summed E-state index contributed by atoms with van der Waals surface area (Å²) in [5.74, 6) is 0.543. The molecule has 1 unspecified atom stereocenters. The van der Waals surface area contributed by atoms with Crippen molar-refractivity contribution in [3.8, 4) is 0 Å². The van der Waals surface area contributed by atoms with E-state index in [2.05, 4.69) is 16.2 Å². The Kier molecular flexibility index (Phi) is 10.2. The molecule has 1 rings (SSSR count). The summed E-state index contributed by atoms with van der Waals surface area (Å²) >= 11 is 0. The van der Waals surface area contributed by atoms with Crippen LogP contribution in [0.2, 0.25) is 0 Å². The van der Waals surface area contributed by atoms with Crippen molar-refractivity contribution >= 4 is 5.71 Å². The predicted molar refractivity (Wildman–Crippen MR) is 42.0 cm³/mol. The second kappa shape index (κ2) is 8.56. The van der Waals surface area contributed by atoms with Gasteiger partial charge in [-0.25, -0.2) is 0 Å². The second-order valence-electron chi connectivity index (χ2n) is 2.71. The van der Waals surface area contributed by atoms with Crippen LogP contribution in [-0.2, 0) is 4.84 Å². The van der Waals surface area contributed by atoms with Gasteiger partial charge < -0.3 is 40.7 Å². The van der Waals surface area contributed by atoms with Gasteiger partial charge in [0.1, 0.15) is 24.8 Å². The molecule has 6 heteroatoms. The standard InChI is InChI=1S/C7H15N3O.2ClH/c1-2-11-10-7-5-9-4-6(7)3-8;;/h6,9H,2-5,8H2,1H3;2*1H/b10-7+;;. The number of halogens is 2. The van der Waals surface area contributed by atoms with Crippen molar-refractivity contribution in [2.75, 3.05) is 26.2 Å². The van der Waals surface area contributed by atoms with Gasteiger partial charge in [-0.1, -0.05) is 5.16 Å². The van der Waals surface area contributed by atoms with E-state index in [0.717, 1.165) is 19.6 Å². The summed E-state index contributed by atoms with van der Waals surface area (Å²) in [6.07, 6.45) is 0. The van der Waals surface area contributed by atoms with Gasteiger partial charge in [0.05, 0.1) is 13.1 Å². The first-order chi connectivity index (χ1) is 5.38. The lowest BCUT2D eigenvalue weighted by Gasteiger charge is -1.99. The van der Waals surface area contributed by atoms with Crippen molar-refractivity contribution in [3.63, 3.8) is 0 Å². The van der Waals surface area contributed by atoms with Crippen LogP contribution in [0.4, 0.5) is 0 Å². The zero-order valence-corrected chi connectivity index (χ0v) is 9.31. The molecule has 1 aliphatic rings. The Morgan fingerprint density at radius 3 is 2.85 bits per heavy atom. The molecule has 1 atom stereocenters. The number of hydrogen-bond acceptors (Lipinski definition) is 2. The van der Waals surface area contributed by atoms with Crippen molar-refractivity contribution in [1.29, 1.82) is 0 Å². The van der Waals surface area contributed by atoms with E-state index in [9.17, 15) is 0 Å². The summed E-state index contributed by atoms with van der Waals surface area (Å²) in [7, 11) is 0. The number of nitrogens with zero attached hydrogens (tertiary/aromatic N) is 1. The zero-order valence-electron chi connectivity index (χ0n) is 7.80. The van der Waals surface area contributed by atoms with Crippen molar-refractivity contribution < 1.29 is 40.7 Å². The third-order valence-corrected chi connectivity index (χ3v) is 1.94. The van der Waals surface area contributed by atoms with Gasteiger partial charge in [0.2, 0.25) is 0 Å². The highest BCUT2D eigenvalue weighted by Gasteiger charge is 2.26. The van der Waals surface area contributed by atoms with Crippen LogP contribution >= 0.6 is 0 Å². The molecule has 0 aromatic rings. The number of hydrogen-bond donors (Lipinski definition) is 2. The van der Waals surface area contributed by atoms with E-state index in [1.54, 1.807) is 0 Å². The Bertz CT molecular complexity index is 155. The highest BCUT2D eigenvalue weighted by Crippen LogP contribution is 1.97. The average molecular weight is 230 g/mol. The van der Waals surface area contributed by atoms with Crippen molar-refractivity contribution in [3.05, 3.63) is 0 Å². The lowest BCUT2D eigenvalue weighted by atomic mass is 10.1. The zero-order chi connectivity index (χ0) is 8.10. The molecule has 5 N–H and O–H groups in total. The minimum absolute atomic E-state index is 0. The van der Waals surface area contributed by atoms with E-state index in [1.807, 2.05) is 6.92 Å². The van der Waals surface area contributed by atoms with Gasteiger partial charge in [0, 0.05) is 0 Å². The molecule has 1 fully saturated rings. The van der Waals surface area contributed by atoms with Crippen LogP contribution in [0.1, 0.15) is 6.92 Å². The fourth-order valence-corrected chi connectivity index (χ4v) is 1.28. The fraction of sp³-hybridized carbons (Fsp3) is 0.857. The van der Waals surface area contributed by atoms with E-state index in [4.69, 9.17) is 4.84 Å². The maximum atomic E-state index is 4.99. The Morgan fingerprint density at radius 1 is 1.62 bits per heavy atom. The molecule has 13 heavy (non-hydrogen) atoms. The summed E-state index contributed by atoms with van der Waals surface area (Å²) in [6, 6.07) is 0. The Hall–Kier alpha value is -0.0300. The molecule has 0 aromatic heterocycles. The molecular weight excluding hydrogens is 213 g/mol. The molecular formula is C7H17Cl2N3O. The second-order valence-corrected chi connectivity index (χ2v) is 2.71. The van der Waals surface area contributed by atoms with Crippen LogP contribution in [0.15, 0.2) is 5.16 Å². The van der Waals surface area contributed by atoms with Crippen LogP contribution < -0.4 is 35.9 Å². The number of rotatable bonds is 3. The highest BCUT2D eigenvalue weighted by molar-refractivity contribution is 5.88. The van der Waals surface area contributed by atoms with Gasteiger partial charge in [0.25, 0.3) is 0 Å². The van der Waals surface area contributed by atoms with E-state index >= 15 is 0 Å². The predicted octanol–water partition coefficient (Wildman–Crippen LogP) is -8.18. The maximum absolute atomic E-state index is 4.99. The van der Waals surface area contributed by atoms with E-state index in [-0.39, 0.29) is 24.8 Å². The third-order valence-electron chi connectivity index (χ3n) is 1.94. The van der Waals surface area contributed by atoms with Crippen molar-refractivity contribution in [2.24, 2.45) is 11.1 Å². The van der Waals surface area contributed by atoms with Gasteiger partial charge in [-0.05, 0) is 6.92 Å². The lowest BCUT2D eigenvalue weighted by molar-refractivity contribution is -0.635. The summed E-state index contributed by atoms with van der Waals surface area (Å²) in [4.78, 5) is 4.99. The molecule has 0 spiro atoms. The van der Waals surface area contributed by atoms with Gasteiger partial charge in [-0.2, -0.15) is 0 Å². The Labute approximate surface area is 91.1 Å². The Balaban J connectivity index is 0. The van der Waals surface area contributed by atoms with Crippen LogP contribution in [0.3, 0.4) is 0 Å². The van der Waals surface area contributed by atoms with Gasteiger partial charge in [-0.3, -0.25) is 0 Å². The minimum atomic E-state index is 0. The number of oxime groups is 1. The molecule has 0 amide bonds. The van der Waals surface area contributed by atoms with Gasteiger partial charge in [0.15, 0.2) is 0 Å². The smallest absolute Gasteiger partial charge is 0.125 e.